The van der Waals surface area contributed by atoms with Gasteiger partial charge in [-0.05, 0) is 63.7 Å². The van der Waals surface area contributed by atoms with E-state index in [1.165, 1.54) is 0 Å². The van der Waals surface area contributed by atoms with Crippen LogP contribution in [0.25, 0.3) is 16.8 Å². The molecule has 10 heteroatoms. The number of aryl methyl sites for hydroxylation is 1. The van der Waals surface area contributed by atoms with Gasteiger partial charge in [-0.1, -0.05) is 18.2 Å². The quantitative estimate of drug-likeness (QED) is 0.354. The average molecular weight is 525 g/mol. The Morgan fingerprint density at radius 2 is 1.95 bits per heavy atom. The van der Waals surface area contributed by atoms with Gasteiger partial charge in [-0.2, -0.15) is 0 Å². The van der Waals surface area contributed by atoms with E-state index in [0.29, 0.717) is 41.5 Å². The lowest BCUT2D eigenvalue weighted by Crippen LogP contribution is -2.30. The zero-order valence-electron chi connectivity index (χ0n) is 22.3. The van der Waals surface area contributed by atoms with Gasteiger partial charge in [0.1, 0.15) is 28.7 Å². The molecular weight excluding hydrogens is 492 g/mol. The van der Waals surface area contributed by atoms with Crippen molar-refractivity contribution in [3.63, 3.8) is 0 Å². The van der Waals surface area contributed by atoms with Crippen LogP contribution in [-0.2, 0) is 4.79 Å². The van der Waals surface area contributed by atoms with Crippen LogP contribution >= 0.6 is 0 Å². The van der Waals surface area contributed by atoms with E-state index in [1.807, 2.05) is 71.8 Å². The molecule has 5 rings (SSSR count). The largest absolute Gasteiger partial charge is 0.382 e. The van der Waals surface area contributed by atoms with Crippen molar-refractivity contribution in [3.05, 3.63) is 84.1 Å². The van der Waals surface area contributed by atoms with Gasteiger partial charge >= 0.3 is 0 Å². The minimum absolute atomic E-state index is 0.0295. The fourth-order valence-corrected chi connectivity index (χ4v) is 4.85. The number of likely N-dealkylation sites (N-methyl/N-ethyl adjacent to an activating group) is 1. The van der Waals surface area contributed by atoms with Crippen LogP contribution < -0.4 is 11.1 Å². The molecule has 200 valence electrons. The number of fused-ring (bicyclic) bond motifs is 1. The third kappa shape index (κ3) is 5.51. The van der Waals surface area contributed by atoms with Crippen molar-refractivity contribution in [2.24, 2.45) is 0 Å². The van der Waals surface area contributed by atoms with Gasteiger partial charge in [-0.25, -0.2) is 15.0 Å². The number of nitrogen functional groups attached to an aromatic ring is 1. The molecule has 0 saturated carbocycles. The number of aromatic nitrogens is 4. The molecule has 0 spiro atoms. The fourth-order valence-electron chi connectivity index (χ4n) is 4.85. The highest BCUT2D eigenvalue weighted by molar-refractivity contribution is 6.04. The monoisotopic (exact) mass is 524 g/mol. The summed E-state index contributed by atoms with van der Waals surface area (Å²) in [6.07, 6.45) is 10.3. The molecule has 0 bridgehead atoms. The molecule has 1 aliphatic rings. The number of amides is 2. The molecule has 1 aromatic carbocycles. The Hall–Kier alpha value is -4.57. The number of carbonyl (C=O) groups excluding carboxylic acids is 2. The van der Waals surface area contributed by atoms with E-state index in [2.05, 4.69) is 15.3 Å². The Labute approximate surface area is 227 Å². The molecule has 0 aliphatic carbocycles. The minimum atomic E-state index is -0.251. The number of carbonyl (C=O) groups is 2. The van der Waals surface area contributed by atoms with Crippen LogP contribution in [0.3, 0.4) is 0 Å². The van der Waals surface area contributed by atoms with Crippen LogP contribution in [0.2, 0.25) is 0 Å². The van der Waals surface area contributed by atoms with Crippen LogP contribution in [0, 0.1) is 6.92 Å². The molecule has 0 unspecified atom stereocenters. The molecular formula is C29H32N8O2. The number of nitrogens with two attached hydrogens (primary N) is 1. The van der Waals surface area contributed by atoms with Crippen molar-refractivity contribution >= 4 is 29.0 Å². The van der Waals surface area contributed by atoms with Crippen LogP contribution in [-0.4, -0.2) is 68.2 Å². The maximum absolute atomic E-state index is 13.0. The van der Waals surface area contributed by atoms with Crippen molar-refractivity contribution in [2.75, 3.05) is 38.2 Å². The molecule has 1 saturated heterocycles. The lowest BCUT2D eigenvalue weighted by molar-refractivity contribution is -0.127. The second-order valence-corrected chi connectivity index (χ2v) is 9.95. The summed E-state index contributed by atoms with van der Waals surface area (Å²) < 4.78 is 1.93. The smallest absolute Gasteiger partial charge is 0.256 e. The third-order valence-corrected chi connectivity index (χ3v) is 6.75. The molecule has 4 aromatic rings. The molecule has 0 radical (unpaired) electrons. The van der Waals surface area contributed by atoms with Crippen LogP contribution in [0.1, 0.15) is 40.6 Å². The van der Waals surface area contributed by atoms with E-state index in [1.54, 1.807) is 30.6 Å². The normalized spacial score (nSPS) is 15.5. The number of rotatable bonds is 7. The van der Waals surface area contributed by atoms with E-state index in [4.69, 9.17) is 10.7 Å². The van der Waals surface area contributed by atoms with Crippen LogP contribution in [0.4, 0.5) is 11.6 Å². The number of pyridine rings is 1. The summed E-state index contributed by atoms with van der Waals surface area (Å²) >= 11 is 0. The van der Waals surface area contributed by atoms with E-state index in [-0.39, 0.29) is 17.9 Å². The lowest BCUT2D eigenvalue weighted by Gasteiger charge is -2.22. The molecule has 1 fully saturated rings. The van der Waals surface area contributed by atoms with Crippen molar-refractivity contribution in [3.8, 4) is 11.3 Å². The number of hydrogen-bond acceptors (Lipinski definition) is 7. The third-order valence-electron chi connectivity index (χ3n) is 6.75. The Morgan fingerprint density at radius 3 is 2.69 bits per heavy atom. The first kappa shape index (κ1) is 26.1. The predicted octanol–water partition coefficient (Wildman–Crippen LogP) is 3.72. The Bertz CT molecular complexity index is 1540. The van der Waals surface area contributed by atoms with Crippen LogP contribution in [0.15, 0.2) is 67.1 Å². The summed E-state index contributed by atoms with van der Waals surface area (Å²) in [5.41, 5.74) is 9.97. The molecule has 3 aromatic heterocycles. The van der Waals surface area contributed by atoms with Gasteiger partial charge in [-0.15, -0.1) is 0 Å². The number of anilines is 2. The molecule has 3 N–H and O–H groups in total. The Kier molecular flexibility index (Phi) is 7.38. The minimum Gasteiger partial charge on any atom is -0.382 e. The summed E-state index contributed by atoms with van der Waals surface area (Å²) in [7, 11) is 3.93. The molecule has 39 heavy (non-hydrogen) atoms. The highest BCUT2D eigenvalue weighted by atomic mass is 16.2. The summed E-state index contributed by atoms with van der Waals surface area (Å²) in [6.45, 7) is 3.30. The summed E-state index contributed by atoms with van der Waals surface area (Å²) in [6, 6.07) is 10.7. The van der Waals surface area contributed by atoms with Crippen LogP contribution in [0.5, 0.6) is 0 Å². The lowest BCUT2D eigenvalue weighted by atomic mass is 10.1. The van der Waals surface area contributed by atoms with Gasteiger partial charge in [0.05, 0.1) is 6.04 Å². The summed E-state index contributed by atoms with van der Waals surface area (Å²) in [4.78, 5) is 43.2. The van der Waals surface area contributed by atoms with E-state index in [9.17, 15) is 9.59 Å². The maximum Gasteiger partial charge on any atom is 0.256 e. The second-order valence-electron chi connectivity index (χ2n) is 9.95. The number of nitrogens with one attached hydrogen (secondary N) is 1. The molecule has 4 heterocycles. The van der Waals surface area contributed by atoms with Crippen molar-refractivity contribution < 1.29 is 9.59 Å². The fraction of sp³-hybridized carbons (Fsp3) is 0.276. The maximum atomic E-state index is 13.0. The zero-order chi connectivity index (χ0) is 27.5. The number of imidazole rings is 1. The SMILES string of the molecule is Cc1ccnc(NC(=O)c2ccc(-c3nc([C@@H]4CCCN4C(=O)/C=C/CN(C)C)n4ccnc(N)c34)cc2)c1. The summed E-state index contributed by atoms with van der Waals surface area (Å²) in [5.74, 6) is 1.31. The second kappa shape index (κ2) is 11.0. The average Bonchev–Trinajstić information content (AvgIpc) is 3.54. The van der Waals surface area contributed by atoms with Gasteiger partial charge < -0.3 is 20.9 Å². The number of likely N-dealkylation sites (tertiary alicyclic amines) is 1. The van der Waals surface area contributed by atoms with Crippen molar-refractivity contribution in [1.29, 1.82) is 0 Å². The number of benzene rings is 1. The predicted molar refractivity (Wildman–Crippen MR) is 151 cm³/mol. The highest BCUT2D eigenvalue weighted by Gasteiger charge is 2.33. The Balaban J connectivity index is 1.45. The van der Waals surface area contributed by atoms with Gasteiger partial charge in [0.25, 0.3) is 5.91 Å². The summed E-state index contributed by atoms with van der Waals surface area (Å²) in [5, 5.41) is 2.83. The zero-order valence-corrected chi connectivity index (χ0v) is 22.3. The first-order valence-corrected chi connectivity index (χ1v) is 12.9. The van der Waals surface area contributed by atoms with E-state index >= 15 is 0 Å². The number of nitrogens with zero attached hydrogens (tertiary/aromatic N) is 6. The molecule has 1 atom stereocenters. The first-order chi connectivity index (χ1) is 18.8. The van der Waals surface area contributed by atoms with Crippen molar-refractivity contribution in [1.82, 2.24) is 29.2 Å². The first-order valence-electron chi connectivity index (χ1n) is 12.9. The Morgan fingerprint density at radius 1 is 1.15 bits per heavy atom. The number of hydrogen-bond donors (Lipinski definition) is 2. The van der Waals surface area contributed by atoms with Gasteiger partial charge in [0.15, 0.2) is 0 Å². The standard InChI is InChI=1S/C29H32N8O2/c1-19-12-13-31-23(18-19)33-29(39)21-10-8-20(9-11-21)25-26-27(30)32-14-17-37(26)28(34-25)22-6-4-16-36(22)24(38)7-5-15-35(2)3/h5,7-14,17-18,22H,4,6,15-16H2,1-3H3,(H2,30,32)(H,31,33,39)/b7-5+/t22-/m0/s1. The molecule has 2 amide bonds. The van der Waals surface area contributed by atoms with Gasteiger partial charge in [-0.3, -0.25) is 14.0 Å². The van der Waals surface area contributed by atoms with E-state index < -0.39 is 0 Å². The molecule has 10 nitrogen and oxygen atoms in total. The topological polar surface area (TPSA) is 122 Å². The van der Waals surface area contributed by atoms with Crippen molar-refractivity contribution in [2.45, 2.75) is 25.8 Å². The van der Waals surface area contributed by atoms with E-state index in [0.717, 1.165) is 29.8 Å². The van der Waals surface area contributed by atoms with Gasteiger partial charge in [0, 0.05) is 48.9 Å². The van der Waals surface area contributed by atoms with Gasteiger partial charge in [0.2, 0.25) is 5.91 Å². The highest BCUT2D eigenvalue weighted by Crippen LogP contribution is 2.36. The molecule has 1 aliphatic heterocycles.